The molecule has 6 rings (SSSR count). The van der Waals surface area contributed by atoms with Gasteiger partial charge in [0.2, 0.25) is 0 Å². The first kappa shape index (κ1) is 23.9. The minimum Gasteiger partial charge on any atom is -0.497 e. The molecule has 0 unspecified atom stereocenters. The number of halogens is 3. The van der Waals surface area contributed by atoms with Crippen LogP contribution in [0.25, 0.3) is 43.5 Å². The van der Waals surface area contributed by atoms with Crippen LogP contribution in [0.15, 0.2) is 58.1 Å². The Bertz CT molecular complexity index is 1870. The predicted molar refractivity (Wildman–Crippen MR) is 139 cm³/mol. The van der Waals surface area contributed by atoms with Crippen molar-refractivity contribution in [3.63, 3.8) is 0 Å². The van der Waals surface area contributed by atoms with E-state index >= 15 is 0 Å². The zero-order chi connectivity index (χ0) is 26.4. The number of aromatic nitrogens is 6. The first-order valence-corrected chi connectivity index (χ1v) is 12.6. The van der Waals surface area contributed by atoms with Crippen molar-refractivity contribution >= 4 is 54.7 Å². The Hall–Kier alpha value is -4.43. The molecule has 38 heavy (non-hydrogen) atoms. The third-order valence-electron chi connectivity index (χ3n) is 5.47. The fourth-order valence-electron chi connectivity index (χ4n) is 3.77. The van der Waals surface area contributed by atoms with E-state index in [1.807, 2.05) is 17.5 Å². The topological polar surface area (TPSA) is 119 Å². The Balaban J connectivity index is 1.44. The summed E-state index contributed by atoms with van der Waals surface area (Å²) in [5, 5.41) is 5.44. The van der Waals surface area contributed by atoms with E-state index in [1.165, 1.54) is 24.5 Å². The number of rotatable bonds is 5. The number of nitrogens with one attached hydrogen (secondary N) is 2. The standard InChI is InChI=1S/C24H14F3N7O2S2/c1-36-11-8-15(20-33-22(35)17-12(24(25,26)27)10-38-23(17)34-20)29-16(9-11)31-21-18-13(5-7-37-18)30-19(32-21)14-4-2-3-6-28-14/h2-10H,1H3,(H,33,34,35)(H,29,30,31,32). The number of anilines is 2. The molecule has 0 aromatic carbocycles. The first-order chi connectivity index (χ1) is 18.3. The van der Waals surface area contributed by atoms with Crippen LogP contribution in [0.1, 0.15) is 5.56 Å². The van der Waals surface area contributed by atoms with Crippen LogP contribution in [-0.4, -0.2) is 37.0 Å². The van der Waals surface area contributed by atoms with Crippen LogP contribution in [0.4, 0.5) is 24.8 Å². The summed E-state index contributed by atoms with van der Waals surface area (Å²) in [4.78, 5) is 37.3. The van der Waals surface area contributed by atoms with Gasteiger partial charge in [-0.25, -0.2) is 19.9 Å². The SMILES string of the molecule is COc1cc(Nc2nc(-c3ccccn3)nc3ccsc23)nc(-c2nc3scc(C(F)(F)F)c3c(=O)[nH]2)c1. The molecular weight excluding hydrogens is 539 g/mol. The van der Waals surface area contributed by atoms with Gasteiger partial charge in [-0.3, -0.25) is 9.78 Å². The lowest BCUT2D eigenvalue weighted by Gasteiger charge is -2.11. The fourth-order valence-corrected chi connectivity index (χ4v) is 5.49. The number of pyridine rings is 2. The smallest absolute Gasteiger partial charge is 0.418 e. The Morgan fingerprint density at radius 3 is 2.66 bits per heavy atom. The van der Waals surface area contributed by atoms with Crippen LogP contribution in [0, 0.1) is 0 Å². The number of hydrogen-bond acceptors (Lipinski definition) is 10. The quantitative estimate of drug-likeness (QED) is 0.272. The Morgan fingerprint density at radius 2 is 1.89 bits per heavy atom. The van der Waals surface area contributed by atoms with Crippen molar-refractivity contribution in [1.29, 1.82) is 0 Å². The van der Waals surface area contributed by atoms with E-state index in [1.54, 1.807) is 24.4 Å². The van der Waals surface area contributed by atoms with E-state index in [2.05, 4.69) is 35.2 Å². The highest BCUT2D eigenvalue weighted by Crippen LogP contribution is 2.37. The molecule has 0 atom stereocenters. The van der Waals surface area contributed by atoms with E-state index in [9.17, 15) is 18.0 Å². The first-order valence-electron chi connectivity index (χ1n) is 10.9. The van der Waals surface area contributed by atoms with E-state index in [0.717, 1.165) is 21.4 Å². The van der Waals surface area contributed by atoms with Crippen LogP contribution >= 0.6 is 22.7 Å². The fraction of sp³-hybridized carbons (Fsp3) is 0.0833. The Labute approximate surface area is 219 Å². The van der Waals surface area contributed by atoms with Crippen molar-refractivity contribution < 1.29 is 17.9 Å². The van der Waals surface area contributed by atoms with Gasteiger partial charge in [0.25, 0.3) is 5.56 Å². The number of methoxy groups -OCH3 is 1. The molecule has 2 N–H and O–H groups in total. The molecule has 9 nitrogen and oxygen atoms in total. The summed E-state index contributed by atoms with van der Waals surface area (Å²) in [7, 11) is 1.46. The number of H-pyrrole nitrogens is 1. The largest absolute Gasteiger partial charge is 0.497 e. The average Bonchev–Trinajstić information content (AvgIpc) is 3.56. The monoisotopic (exact) mass is 553 g/mol. The summed E-state index contributed by atoms with van der Waals surface area (Å²) in [6.45, 7) is 0. The van der Waals surface area contributed by atoms with Crippen LogP contribution in [0.3, 0.4) is 0 Å². The highest BCUT2D eigenvalue weighted by molar-refractivity contribution is 7.17. The van der Waals surface area contributed by atoms with Crippen LogP contribution < -0.4 is 15.6 Å². The van der Waals surface area contributed by atoms with Crippen molar-refractivity contribution in [3.8, 4) is 28.8 Å². The molecule has 6 aromatic rings. The Morgan fingerprint density at radius 1 is 1.03 bits per heavy atom. The minimum absolute atomic E-state index is 0.00171. The van der Waals surface area contributed by atoms with Crippen molar-refractivity contribution in [2.45, 2.75) is 6.18 Å². The van der Waals surface area contributed by atoms with Gasteiger partial charge in [-0.15, -0.1) is 22.7 Å². The summed E-state index contributed by atoms with van der Waals surface area (Å²) in [6, 6.07) is 10.4. The Kier molecular flexibility index (Phi) is 5.76. The molecule has 0 saturated carbocycles. The van der Waals surface area contributed by atoms with E-state index < -0.39 is 22.7 Å². The number of fused-ring (bicyclic) bond motifs is 2. The van der Waals surface area contributed by atoms with Gasteiger partial charge in [0.15, 0.2) is 17.5 Å². The molecule has 0 radical (unpaired) electrons. The zero-order valence-electron chi connectivity index (χ0n) is 19.2. The van der Waals surface area contributed by atoms with Gasteiger partial charge in [-0.1, -0.05) is 6.07 Å². The molecule has 14 heteroatoms. The molecule has 0 fully saturated rings. The van der Waals surface area contributed by atoms with E-state index in [-0.39, 0.29) is 16.3 Å². The summed E-state index contributed by atoms with van der Waals surface area (Å²) in [6.07, 6.45) is -3.02. The van der Waals surface area contributed by atoms with Crippen molar-refractivity contribution in [2.24, 2.45) is 0 Å². The second-order valence-corrected chi connectivity index (χ2v) is 9.66. The third kappa shape index (κ3) is 4.33. The van der Waals surface area contributed by atoms with Crippen molar-refractivity contribution in [1.82, 2.24) is 29.9 Å². The van der Waals surface area contributed by atoms with Gasteiger partial charge in [0, 0.05) is 23.7 Å². The van der Waals surface area contributed by atoms with Crippen molar-refractivity contribution in [3.05, 3.63) is 69.3 Å². The number of aromatic amines is 1. The number of thiophene rings is 2. The molecule has 0 saturated heterocycles. The maximum atomic E-state index is 13.3. The maximum absolute atomic E-state index is 13.3. The summed E-state index contributed by atoms with van der Waals surface area (Å²) in [5.74, 6) is 1.57. The minimum atomic E-state index is -4.67. The van der Waals surface area contributed by atoms with Crippen LogP contribution in [0.5, 0.6) is 5.75 Å². The molecule has 0 spiro atoms. The lowest BCUT2D eigenvalue weighted by Crippen LogP contribution is -2.14. The van der Waals surface area contributed by atoms with Gasteiger partial charge in [0.05, 0.1) is 28.3 Å². The molecule has 6 heterocycles. The second-order valence-electron chi connectivity index (χ2n) is 7.89. The van der Waals surface area contributed by atoms with Gasteiger partial charge >= 0.3 is 6.18 Å². The molecule has 0 aliphatic carbocycles. The summed E-state index contributed by atoms with van der Waals surface area (Å²) >= 11 is 2.17. The van der Waals surface area contributed by atoms with Gasteiger partial charge in [-0.2, -0.15) is 13.2 Å². The van der Waals surface area contributed by atoms with Crippen molar-refractivity contribution in [2.75, 3.05) is 12.4 Å². The van der Waals surface area contributed by atoms with Crippen LogP contribution in [0.2, 0.25) is 0 Å². The summed E-state index contributed by atoms with van der Waals surface area (Å²) in [5.41, 5.74) is -0.438. The van der Waals surface area contributed by atoms with Gasteiger partial charge in [-0.05, 0) is 23.6 Å². The average molecular weight is 554 g/mol. The number of ether oxygens (including phenoxy) is 1. The molecule has 0 aliphatic rings. The maximum Gasteiger partial charge on any atom is 0.418 e. The zero-order valence-corrected chi connectivity index (χ0v) is 20.8. The normalized spacial score (nSPS) is 11.8. The number of nitrogens with zero attached hydrogens (tertiary/aromatic N) is 5. The number of alkyl halides is 3. The second kappa shape index (κ2) is 9.15. The third-order valence-corrected chi connectivity index (χ3v) is 7.25. The van der Waals surface area contributed by atoms with Gasteiger partial charge in [0.1, 0.15) is 27.8 Å². The lowest BCUT2D eigenvalue weighted by atomic mass is 10.2. The van der Waals surface area contributed by atoms with E-state index in [4.69, 9.17) is 4.74 Å². The lowest BCUT2D eigenvalue weighted by molar-refractivity contribution is -0.136. The molecule has 0 amide bonds. The van der Waals surface area contributed by atoms with Crippen LogP contribution in [-0.2, 0) is 6.18 Å². The predicted octanol–water partition coefficient (Wildman–Crippen LogP) is 5.88. The molecular formula is C24H14F3N7O2S2. The number of hydrogen-bond donors (Lipinski definition) is 2. The molecule has 6 aromatic heterocycles. The molecule has 190 valence electrons. The summed E-state index contributed by atoms with van der Waals surface area (Å²) < 4.78 is 46.1. The van der Waals surface area contributed by atoms with Gasteiger partial charge < -0.3 is 15.0 Å². The highest BCUT2D eigenvalue weighted by Gasteiger charge is 2.35. The van der Waals surface area contributed by atoms with E-state index in [0.29, 0.717) is 34.4 Å². The molecule has 0 bridgehead atoms. The molecule has 0 aliphatic heterocycles. The highest BCUT2D eigenvalue weighted by atomic mass is 32.1.